The molecule has 0 amide bonds. The molecule has 1 aliphatic rings. The molecule has 3 aromatic rings. The van der Waals surface area contributed by atoms with E-state index in [1.54, 1.807) is 34.0 Å². The van der Waals surface area contributed by atoms with Crippen LogP contribution in [0.2, 0.25) is 0 Å². The number of thiophene rings is 1. The highest BCUT2D eigenvalue weighted by Crippen LogP contribution is 2.37. The first-order valence-corrected chi connectivity index (χ1v) is 10.2. The van der Waals surface area contributed by atoms with Crippen molar-refractivity contribution in [3.05, 3.63) is 57.9 Å². The second-order valence-electron chi connectivity index (χ2n) is 6.18. The first-order chi connectivity index (χ1) is 11.5. The van der Waals surface area contributed by atoms with Gasteiger partial charge in [0.15, 0.2) is 0 Å². The van der Waals surface area contributed by atoms with Gasteiger partial charge in [-0.05, 0) is 55.0 Å². The lowest BCUT2D eigenvalue weighted by molar-refractivity contribution is 0.329. The number of benzene rings is 1. The molecule has 0 bridgehead atoms. The van der Waals surface area contributed by atoms with Crippen LogP contribution in [0.3, 0.4) is 0 Å². The molecule has 0 fully saturated rings. The lowest BCUT2D eigenvalue weighted by Crippen LogP contribution is -2.38. The Balaban J connectivity index is 1.85. The molecule has 4 nitrogen and oxygen atoms in total. The molecule has 24 heavy (non-hydrogen) atoms. The molecule has 0 aliphatic carbocycles. The Bertz CT molecular complexity index is 1020. The third-order valence-corrected chi connectivity index (χ3v) is 7.62. The summed E-state index contributed by atoms with van der Waals surface area (Å²) in [5.41, 5.74) is 2.69. The topological polar surface area (TPSA) is 50.3 Å². The van der Waals surface area contributed by atoms with Crippen molar-refractivity contribution in [3.8, 4) is 0 Å². The zero-order valence-electron chi connectivity index (χ0n) is 13.6. The van der Waals surface area contributed by atoms with Gasteiger partial charge in [-0.2, -0.15) is 4.31 Å². The third kappa shape index (κ3) is 2.37. The van der Waals surface area contributed by atoms with E-state index in [4.69, 9.17) is 0 Å². The van der Waals surface area contributed by atoms with E-state index >= 15 is 0 Å². The molecule has 3 heterocycles. The van der Waals surface area contributed by atoms with Crippen LogP contribution in [0.1, 0.15) is 29.0 Å². The van der Waals surface area contributed by atoms with Gasteiger partial charge in [0.1, 0.15) is 4.90 Å². The van der Waals surface area contributed by atoms with Crippen molar-refractivity contribution in [2.45, 2.75) is 31.2 Å². The summed E-state index contributed by atoms with van der Waals surface area (Å²) in [5, 5.41) is 2.90. The molecule has 0 unspecified atom stereocenters. The minimum atomic E-state index is -3.60. The van der Waals surface area contributed by atoms with E-state index in [9.17, 15) is 8.42 Å². The molecule has 4 rings (SSSR count). The van der Waals surface area contributed by atoms with Gasteiger partial charge in [-0.15, -0.1) is 11.3 Å². The fraction of sp³-hybridized carbons (Fsp3) is 0.278. The predicted octanol–water partition coefficient (Wildman–Crippen LogP) is 3.91. The van der Waals surface area contributed by atoms with Gasteiger partial charge in [-0.25, -0.2) is 8.42 Å². The van der Waals surface area contributed by atoms with Crippen LogP contribution in [0.25, 0.3) is 10.9 Å². The summed E-state index contributed by atoms with van der Waals surface area (Å²) in [6.45, 7) is 4.43. The van der Waals surface area contributed by atoms with Gasteiger partial charge in [0.2, 0.25) is 10.0 Å². The van der Waals surface area contributed by atoms with Crippen molar-refractivity contribution < 1.29 is 8.42 Å². The van der Waals surface area contributed by atoms with Crippen LogP contribution in [0, 0.1) is 6.92 Å². The summed E-state index contributed by atoms with van der Waals surface area (Å²) in [6.07, 6.45) is 2.49. The zero-order chi connectivity index (χ0) is 16.9. The third-order valence-electron chi connectivity index (χ3n) is 4.62. The highest BCUT2D eigenvalue weighted by Gasteiger charge is 2.35. The molecule has 6 heteroatoms. The van der Waals surface area contributed by atoms with Crippen LogP contribution in [0.5, 0.6) is 0 Å². The van der Waals surface area contributed by atoms with Gasteiger partial charge in [0.05, 0.1) is 5.52 Å². The Morgan fingerprint density at radius 3 is 2.96 bits per heavy atom. The molecule has 0 N–H and O–H groups in total. The van der Waals surface area contributed by atoms with Crippen LogP contribution in [0.15, 0.2) is 46.8 Å². The summed E-state index contributed by atoms with van der Waals surface area (Å²) in [6, 6.07) is 9.22. The van der Waals surface area contributed by atoms with E-state index in [0.29, 0.717) is 17.0 Å². The molecule has 124 valence electrons. The Labute approximate surface area is 145 Å². The van der Waals surface area contributed by atoms with Crippen LogP contribution >= 0.6 is 11.3 Å². The number of fused-ring (bicyclic) bond motifs is 2. The molecule has 0 saturated heterocycles. The molecule has 1 atom stereocenters. The molecule has 0 radical (unpaired) electrons. The summed E-state index contributed by atoms with van der Waals surface area (Å²) >= 11 is 1.71. The largest absolute Gasteiger partial charge is 0.255 e. The van der Waals surface area contributed by atoms with E-state index in [-0.39, 0.29) is 6.04 Å². The zero-order valence-corrected chi connectivity index (χ0v) is 15.2. The van der Waals surface area contributed by atoms with Crippen LogP contribution in [-0.4, -0.2) is 24.3 Å². The van der Waals surface area contributed by atoms with Gasteiger partial charge < -0.3 is 0 Å². The molecular weight excluding hydrogens is 340 g/mol. The number of aromatic nitrogens is 1. The van der Waals surface area contributed by atoms with Gasteiger partial charge >= 0.3 is 0 Å². The lowest BCUT2D eigenvalue weighted by Gasteiger charge is -2.32. The lowest BCUT2D eigenvalue weighted by atomic mass is 10.0. The smallest absolute Gasteiger partial charge is 0.245 e. The van der Waals surface area contributed by atoms with Gasteiger partial charge in [0.25, 0.3) is 0 Å². The second kappa shape index (κ2) is 5.65. The van der Waals surface area contributed by atoms with Crippen molar-refractivity contribution in [1.29, 1.82) is 0 Å². The average molecular weight is 358 g/mol. The number of rotatable bonds is 2. The van der Waals surface area contributed by atoms with Crippen LogP contribution in [0.4, 0.5) is 0 Å². The van der Waals surface area contributed by atoms with Crippen LogP contribution in [-0.2, 0) is 16.4 Å². The van der Waals surface area contributed by atoms with E-state index in [0.717, 1.165) is 22.9 Å². The maximum Gasteiger partial charge on any atom is 0.245 e. The minimum absolute atomic E-state index is 0.147. The SMILES string of the molecule is Cc1cnc2c(S(=O)(=O)N3CCc4sccc4[C@@H]3C)cccc2c1. The highest BCUT2D eigenvalue weighted by atomic mass is 32.2. The number of para-hydroxylation sites is 1. The maximum atomic E-state index is 13.3. The van der Waals surface area contributed by atoms with Crippen LogP contribution < -0.4 is 0 Å². The number of sulfonamides is 1. The second-order valence-corrected chi connectivity index (χ2v) is 9.04. The number of aryl methyl sites for hydroxylation is 1. The van der Waals surface area contributed by atoms with E-state index in [2.05, 4.69) is 4.98 Å². The Kier molecular flexibility index (Phi) is 3.71. The van der Waals surface area contributed by atoms with Gasteiger partial charge in [-0.3, -0.25) is 4.98 Å². The Morgan fingerprint density at radius 1 is 1.29 bits per heavy atom. The normalized spacial score (nSPS) is 18.7. The first kappa shape index (κ1) is 15.7. The monoisotopic (exact) mass is 358 g/mol. The number of hydrogen-bond donors (Lipinski definition) is 0. The van der Waals surface area contributed by atoms with Gasteiger partial charge in [0, 0.05) is 29.0 Å². The molecule has 1 aromatic carbocycles. The van der Waals surface area contributed by atoms with Gasteiger partial charge in [-0.1, -0.05) is 12.1 Å². The minimum Gasteiger partial charge on any atom is -0.255 e. The molecule has 0 spiro atoms. The van der Waals surface area contributed by atoms with Crippen molar-refractivity contribution in [2.75, 3.05) is 6.54 Å². The summed E-state index contributed by atoms with van der Waals surface area (Å²) in [4.78, 5) is 5.99. The quantitative estimate of drug-likeness (QED) is 0.698. The van der Waals surface area contributed by atoms with Crippen molar-refractivity contribution in [1.82, 2.24) is 9.29 Å². The summed E-state index contributed by atoms with van der Waals surface area (Å²) < 4.78 is 28.2. The fourth-order valence-corrected chi connectivity index (χ4v) is 6.13. The summed E-state index contributed by atoms with van der Waals surface area (Å²) in [5.74, 6) is 0. The number of pyridine rings is 1. The number of nitrogens with zero attached hydrogens (tertiary/aromatic N) is 2. The first-order valence-electron chi connectivity index (χ1n) is 7.92. The molecule has 2 aromatic heterocycles. The van der Waals surface area contributed by atoms with E-state index in [1.807, 2.05) is 37.4 Å². The molecule has 0 saturated carbocycles. The maximum absolute atomic E-state index is 13.3. The van der Waals surface area contributed by atoms with Crippen molar-refractivity contribution >= 4 is 32.3 Å². The predicted molar refractivity (Wildman–Crippen MR) is 96.8 cm³/mol. The Morgan fingerprint density at radius 2 is 2.12 bits per heavy atom. The van der Waals surface area contributed by atoms with E-state index in [1.165, 1.54) is 4.88 Å². The standard InChI is InChI=1S/C18H18N2O2S2/c1-12-10-14-4-3-5-17(18(14)19-11-12)24(21,22)20-8-6-16-15(13(20)2)7-9-23-16/h3-5,7,9-11,13H,6,8H2,1-2H3/t13-/m0/s1. The molecule has 1 aliphatic heterocycles. The highest BCUT2D eigenvalue weighted by molar-refractivity contribution is 7.89. The fourth-order valence-electron chi connectivity index (χ4n) is 3.39. The molecular formula is C18H18N2O2S2. The number of hydrogen-bond acceptors (Lipinski definition) is 4. The van der Waals surface area contributed by atoms with Crippen molar-refractivity contribution in [2.24, 2.45) is 0 Å². The Hall–Kier alpha value is -1.76. The summed E-state index contributed by atoms with van der Waals surface area (Å²) in [7, 11) is -3.60. The van der Waals surface area contributed by atoms with E-state index < -0.39 is 10.0 Å². The van der Waals surface area contributed by atoms with Crippen molar-refractivity contribution in [3.63, 3.8) is 0 Å². The average Bonchev–Trinajstić information content (AvgIpc) is 3.03.